The highest BCUT2D eigenvalue weighted by Gasteiger charge is 2.25. The SMILES string of the molecule is Cc1ncc(CN(C)S(=O)(=O)c2sccc2Br)s1. The van der Waals surface area contributed by atoms with Crippen LogP contribution in [0.1, 0.15) is 9.88 Å². The quantitative estimate of drug-likeness (QED) is 0.835. The molecule has 0 radical (unpaired) electrons. The molecule has 2 rings (SSSR count). The fourth-order valence-electron chi connectivity index (χ4n) is 1.39. The van der Waals surface area contributed by atoms with E-state index in [1.165, 1.54) is 27.0 Å². The Kier molecular flexibility index (Phi) is 4.22. The molecule has 8 heteroatoms. The molecule has 2 heterocycles. The van der Waals surface area contributed by atoms with E-state index in [-0.39, 0.29) is 0 Å². The van der Waals surface area contributed by atoms with Crippen LogP contribution < -0.4 is 0 Å². The predicted octanol–water partition coefficient (Wildman–Crippen LogP) is 3.10. The van der Waals surface area contributed by atoms with E-state index >= 15 is 0 Å². The highest BCUT2D eigenvalue weighted by molar-refractivity contribution is 9.10. The third-order valence-corrected chi connectivity index (χ3v) is 7.62. The van der Waals surface area contributed by atoms with Gasteiger partial charge in [0.2, 0.25) is 0 Å². The topological polar surface area (TPSA) is 50.3 Å². The van der Waals surface area contributed by atoms with Crippen LogP contribution in [-0.2, 0) is 16.6 Å². The third kappa shape index (κ3) is 2.83. The number of rotatable bonds is 4. The summed E-state index contributed by atoms with van der Waals surface area (Å²) in [7, 11) is -1.85. The lowest BCUT2D eigenvalue weighted by molar-refractivity contribution is 0.471. The van der Waals surface area contributed by atoms with Gasteiger partial charge < -0.3 is 0 Å². The van der Waals surface area contributed by atoms with Gasteiger partial charge in [0.05, 0.1) is 5.01 Å². The summed E-state index contributed by atoms with van der Waals surface area (Å²) < 4.78 is 26.9. The first kappa shape index (κ1) is 14.1. The van der Waals surface area contributed by atoms with Crippen molar-refractivity contribution >= 4 is 48.6 Å². The molecule has 4 nitrogen and oxygen atoms in total. The van der Waals surface area contributed by atoms with Crippen LogP contribution in [0.2, 0.25) is 0 Å². The smallest absolute Gasteiger partial charge is 0.250 e. The Bertz CT molecular complexity index is 648. The van der Waals surface area contributed by atoms with Crippen LogP contribution in [0.5, 0.6) is 0 Å². The molecule has 0 aliphatic heterocycles. The summed E-state index contributed by atoms with van der Waals surface area (Å²) >= 11 is 5.97. The number of aromatic nitrogens is 1. The monoisotopic (exact) mass is 366 g/mol. The standard InChI is InChI=1S/C10H11BrN2O2S3/c1-7-12-5-8(17-7)6-13(2)18(14,15)10-9(11)3-4-16-10/h3-5H,6H2,1-2H3. The van der Waals surface area contributed by atoms with Crippen LogP contribution in [0.15, 0.2) is 26.3 Å². The first-order valence-electron chi connectivity index (χ1n) is 5.02. The molecule has 0 atom stereocenters. The highest BCUT2D eigenvalue weighted by Crippen LogP contribution is 2.30. The lowest BCUT2D eigenvalue weighted by Crippen LogP contribution is -2.25. The summed E-state index contributed by atoms with van der Waals surface area (Å²) in [6.45, 7) is 2.25. The van der Waals surface area contributed by atoms with E-state index < -0.39 is 10.0 Å². The molecule has 2 aromatic rings. The van der Waals surface area contributed by atoms with Crippen molar-refractivity contribution in [2.45, 2.75) is 17.7 Å². The molecule has 98 valence electrons. The summed E-state index contributed by atoms with van der Waals surface area (Å²) in [4.78, 5) is 5.06. The van der Waals surface area contributed by atoms with Gasteiger partial charge >= 0.3 is 0 Å². The summed E-state index contributed by atoms with van der Waals surface area (Å²) in [5, 5.41) is 2.69. The number of thiazole rings is 1. The average Bonchev–Trinajstić information content (AvgIpc) is 2.87. The zero-order valence-electron chi connectivity index (χ0n) is 9.75. The fraction of sp³-hybridized carbons (Fsp3) is 0.300. The maximum atomic E-state index is 12.3. The van der Waals surface area contributed by atoms with Crippen LogP contribution in [0.3, 0.4) is 0 Å². The minimum Gasteiger partial charge on any atom is -0.250 e. The second kappa shape index (κ2) is 5.38. The molecule has 2 aromatic heterocycles. The predicted molar refractivity (Wildman–Crippen MR) is 77.5 cm³/mol. The molecule has 0 bridgehead atoms. The summed E-state index contributed by atoms with van der Waals surface area (Å²) in [5.74, 6) is 0. The van der Waals surface area contributed by atoms with Gasteiger partial charge in [-0.3, -0.25) is 0 Å². The minimum atomic E-state index is -3.43. The molecule has 0 unspecified atom stereocenters. The van der Waals surface area contributed by atoms with Crippen molar-refractivity contribution in [2.24, 2.45) is 0 Å². The summed E-state index contributed by atoms with van der Waals surface area (Å²) in [6, 6.07) is 1.74. The number of nitrogens with zero attached hydrogens (tertiary/aromatic N) is 2. The van der Waals surface area contributed by atoms with Gasteiger partial charge in [-0.2, -0.15) is 4.31 Å². The summed E-state index contributed by atoms with van der Waals surface area (Å²) in [6.07, 6.45) is 1.72. The lowest BCUT2D eigenvalue weighted by atomic mass is 10.5. The van der Waals surface area contributed by atoms with Gasteiger partial charge in [-0.15, -0.1) is 22.7 Å². The van der Waals surface area contributed by atoms with Gasteiger partial charge in [-0.05, 0) is 34.3 Å². The molecule has 0 amide bonds. The molecule has 0 saturated carbocycles. The first-order chi connectivity index (χ1) is 8.41. The van der Waals surface area contributed by atoms with Crippen LogP contribution in [-0.4, -0.2) is 24.8 Å². The third-order valence-electron chi connectivity index (χ3n) is 2.28. The zero-order chi connectivity index (χ0) is 13.3. The normalized spacial score (nSPS) is 12.2. The van der Waals surface area contributed by atoms with E-state index in [0.717, 1.165) is 9.88 Å². The average molecular weight is 367 g/mol. The molecular weight excluding hydrogens is 356 g/mol. The molecular formula is C10H11BrN2O2S3. The largest absolute Gasteiger partial charge is 0.253 e. The van der Waals surface area contributed by atoms with Crippen LogP contribution in [0, 0.1) is 6.92 Å². The Morgan fingerprint density at radius 1 is 1.50 bits per heavy atom. The molecule has 0 saturated heterocycles. The Hall–Kier alpha value is -0.280. The van der Waals surface area contributed by atoms with E-state index in [4.69, 9.17) is 0 Å². The van der Waals surface area contributed by atoms with Gasteiger partial charge in [0.25, 0.3) is 10.0 Å². The molecule has 0 spiro atoms. The zero-order valence-corrected chi connectivity index (χ0v) is 13.8. The molecule has 0 N–H and O–H groups in total. The molecule has 0 aromatic carbocycles. The van der Waals surface area contributed by atoms with Crippen molar-refractivity contribution in [3.63, 3.8) is 0 Å². The van der Waals surface area contributed by atoms with E-state index in [0.29, 0.717) is 15.2 Å². The Labute approximate surface area is 122 Å². The van der Waals surface area contributed by atoms with Gasteiger partial charge in [-0.25, -0.2) is 13.4 Å². The number of hydrogen-bond acceptors (Lipinski definition) is 5. The maximum Gasteiger partial charge on any atom is 0.253 e. The Morgan fingerprint density at radius 2 is 2.22 bits per heavy atom. The van der Waals surface area contributed by atoms with Crippen LogP contribution >= 0.6 is 38.6 Å². The number of aryl methyl sites for hydroxylation is 1. The Balaban J connectivity index is 2.23. The van der Waals surface area contributed by atoms with E-state index in [1.807, 2.05) is 6.92 Å². The second-order valence-electron chi connectivity index (χ2n) is 3.66. The summed E-state index contributed by atoms with van der Waals surface area (Å²) in [5.41, 5.74) is 0. The molecule has 0 aliphatic carbocycles. The van der Waals surface area contributed by atoms with Gasteiger partial charge in [0.1, 0.15) is 4.21 Å². The number of thiophene rings is 1. The van der Waals surface area contributed by atoms with Crippen molar-refractivity contribution in [3.8, 4) is 0 Å². The van der Waals surface area contributed by atoms with Crippen molar-refractivity contribution in [2.75, 3.05) is 7.05 Å². The number of hydrogen-bond donors (Lipinski definition) is 0. The Morgan fingerprint density at radius 3 is 2.72 bits per heavy atom. The van der Waals surface area contributed by atoms with Gasteiger partial charge in [0.15, 0.2) is 0 Å². The van der Waals surface area contributed by atoms with Crippen molar-refractivity contribution in [3.05, 3.63) is 32.0 Å². The lowest BCUT2D eigenvalue weighted by Gasteiger charge is -2.15. The molecule has 0 aliphatic rings. The van der Waals surface area contributed by atoms with Crippen molar-refractivity contribution in [1.82, 2.24) is 9.29 Å². The number of halogens is 1. The van der Waals surface area contributed by atoms with Crippen molar-refractivity contribution in [1.29, 1.82) is 0 Å². The number of sulfonamides is 1. The van der Waals surface area contributed by atoms with Gasteiger partial charge in [-0.1, -0.05) is 0 Å². The molecule has 0 fully saturated rings. The van der Waals surface area contributed by atoms with Crippen molar-refractivity contribution < 1.29 is 8.42 Å². The van der Waals surface area contributed by atoms with E-state index in [2.05, 4.69) is 20.9 Å². The molecule has 18 heavy (non-hydrogen) atoms. The maximum absolute atomic E-state index is 12.3. The van der Waals surface area contributed by atoms with Gasteiger partial charge in [0, 0.05) is 29.1 Å². The van der Waals surface area contributed by atoms with Crippen LogP contribution in [0.4, 0.5) is 0 Å². The fourth-order valence-corrected chi connectivity index (χ4v) is 5.97. The highest BCUT2D eigenvalue weighted by atomic mass is 79.9. The van der Waals surface area contributed by atoms with Crippen LogP contribution in [0.25, 0.3) is 0 Å². The van der Waals surface area contributed by atoms with E-state index in [1.54, 1.807) is 24.7 Å². The second-order valence-corrected chi connectivity index (χ2v) is 8.99. The minimum absolute atomic E-state index is 0.339. The van der Waals surface area contributed by atoms with E-state index in [9.17, 15) is 8.42 Å². The first-order valence-corrected chi connectivity index (χ1v) is 8.95.